The summed E-state index contributed by atoms with van der Waals surface area (Å²) in [4.78, 5) is 11.9. The van der Waals surface area contributed by atoms with Crippen LogP contribution in [0.1, 0.15) is 27.4 Å². The van der Waals surface area contributed by atoms with E-state index >= 15 is 0 Å². The molecule has 0 aliphatic heterocycles. The summed E-state index contributed by atoms with van der Waals surface area (Å²) in [5.74, 6) is 0.863. The quantitative estimate of drug-likeness (QED) is 0.881. The first-order valence-electron chi connectivity index (χ1n) is 5.50. The van der Waals surface area contributed by atoms with Gasteiger partial charge in [-0.3, -0.25) is 5.10 Å². The van der Waals surface area contributed by atoms with Crippen molar-refractivity contribution in [3.05, 3.63) is 39.5 Å². The molecule has 0 atom stereocenters. The van der Waals surface area contributed by atoms with Crippen molar-refractivity contribution in [2.75, 3.05) is 6.61 Å². The number of carbonyl (C=O) groups is 1. The summed E-state index contributed by atoms with van der Waals surface area (Å²) < 4.78 is 11.2. The highest BCUT2D eigenvalue weighted by atomic mass is 79.9. The number of hydrogen-bond donors (Lipinski definition) is 1. The van der Waals surface area contributed by atoms with Crippen molar-refractivity contribution in [3.63, 3.8) is 0 Å². The minimum atomic E-state index is -0.375. The van der Waals surface area contributed by atoms with E-state index in [0.717, 1.165) is 5.56 Å². The summed E-state index contributed by atoms with van der Waals surface area (Å²) >= 11 is 3.32. The maximum absolute atomic E-state index is 11.9. The van der Waals surface area contributed by atoms with Crippen LogP contribution < -0.4 is 0 Å². The molecule has 0 aliphatic carbocycles. The third kappa shape index (κ3) is 2.64. The van der Waals surface area contributed by atoms with Gasteiger partial charge in [0.2, 0.25) is 0 Å². The third-order valence-corrected chi connectivity index (χ3v) is 3.52. The molecule has 0 unspecified atom stereocenters. The number of furan rings is 1. The van der Waals surface area contributed by atoms with Crippen LogP contribution in [0.2, 0.25) is 0 Å². The van der Waals surface area contributed by atoms with E-state index in [2.05, 4.69) is 26.1 Å². The van der Waals surface area contributed by atoms with Crippen molar-refractivity contribution in [2.24, 2.45) is 0 Å². The molecular formula is C12H13BrN2O3. The van der Waals surface area contributed by atoms with Gasteiger partial charge in [-0.1, -0.05) is 0 Å². The second kappa shape index (κ2) is 5.39. The predicted octanol–water partition coefficient (Wildman–Crippen LogP) is 2.78. The van der Waals surface area contributed by atoms with E-state index in [1.54, 1.807) is 26.2 Å². The van der Waals surface area contributed by atoms with E-state index in [1.807, 2.05) is 0 Å². The molecule has 2 rings (SSSR count). The zero-order valence-corrected chi connectivity index (χ0v) is 11.7. The SMILES string of the molecule is Cc1oc(C)c(C(=O)OCCc2cn[nH]c2)c1Br. The van der Waals surface area contributed by atoms with Crippen LogP contribution >= 0.6 is 15.9 Å². The normalized spacial score (nSPS) is 10.6. The lowest BCUT2D eigenvalue weighted by Gasteiger charge is -2.03. The minimum absolute atomic E-state index is 0.314. The molecule has 0 saturated carbocycles. The molecule has 6 heteroatoms. The van der Waals surface area contributed by atoms with E-state index in [1.165, 1.54) is 0 Å². The fourth-order valence-corrected chi connectivity index (χ4v) is 2.16. The number of halogens is 1. The summed E-state index contributed by atoms with van der Waals surface area (Å²) in [7, 11) is 0. The van der Waals surface area contributed by atoms with E-state index in [-0.39, 0.29) is 5.97 Å². The Bertz CT molecular complexity index is 546. The first-order valence-corrected chi connectivity index (χ1v) is 6.29. The number of hydrogen-bond acceptors (Lipinski definition) is 4. The molecule has 2 aromatic heterocycles. The Morgan fingerprint density at radius 2 is 2.28 bits per heavy atom. The van der Waals surface area contributed by atoms with Gasteiger partial charge in [0, 0.05) is 12.6 Å². The maximum Gasteiger partial charge on any atom is 0.342 e. The molecule has 0 aliphatic rings. The average Bonchev–Trinajstić information content (AvgIpc) is 2.89. The maximum atomic E-state index is 11.9. The van der Waals surface area contributed by atoms with Crippen molar-refractivity contribution in [2.45, 2.75) is 20.3 Å². The molecule has 0 saturated heterocycles. The Hall–Kier alpha value is -1.56. The molecule has 0 radical (unpaired) electrons. The van der Waals surface area contributed by atoms with Crippen LogP contribution in [0.25, 0.3) is 0 Å². The van der Waals surface area contributed by atoms with E-state index < -0.39 is 0 Å². The largest absolute Gasteiger partial charge is 0.465 e. The molecular weight excluding hydrogens is 300 g/mol. The van der Waals surface area contributed by atoms with Crippen molar-refractivity contribution in [3.8, 4) is 0 Å². The molecule has 2 heterocycles. The predicted molar refractivity (Wildman–Crippen MR) is 68.5 cm³/mol. The average molecular weight is 313 g/mol. The smallest absolute Gasteiger partial charge is 0.342 e. The second-order valence-electron chi connectivity index (χ2n) is 3.90. The fourth-order valence-electron chi connectivity index (χ4n) is 1.64. The number of aryl methyl sites for hydroxylation is 2. The highest BCUT2D eigenvalue weighted by molar-refractivity contribution is 9.10. The zero-order chi connectivity index (χ0) is 13.1. The number of nitrogens with one attached hydrogen (secondary N) is 1. The van der Waals surface area contributed by atoms with Crippen LogP contribution in [-0.2, 0) is 11.2 Å². The first kappa shape index (κ1) is 12.9. The molecule has 18 heavy (non-hydrogen) atoms. The number of nitrogens with zero attached hydrogens (tertiary/aromatic N) is 1. The highest BCUT2D eigenvalue weighted by Gasteiger charge is 2.20. The van der Waals surface area contributed by atoms with Crippen LogP contribution in [0.3, 0.4) is 0 Å². The van der Waals surface area contributed by atoms with Gasteiger partial charge in [0.1, 0.15) is 17.1 Å². The first-order chi connectivity index (χ1) is 8.59. The molecule has 0 amide bonds. The van der Waals surface area contributed by atoms with Crippen molar-refractivity contribution >= 4 is 21.9 Å². The number of H-pyrrole nitrogens is 1. The Morgan fingerprint density at radius 1 is 1.50 bits per heavy atom. The molecule has 1 N–H and O–H groups in total. The van der Waals surface area contributed by atoms with Crippen LogP contribution in [0.15, 0.2) is 21.3 Å². The van der Waals surface area contributed by atoms with Crippen LogP contribution in [0.4, 0.5) is 0 Å². The van der Waals surface area contributed by atoms with Gasteiger partial charge < -0.3 is 9.15 Å². The van der Waals surface area contributed by atoms with Crippen LogP contribution in [0, 0.1) is 13.8 Å². The molecule has 0 bridgehead atoms. The van der Waals surface area contributed by atoms with Gasteiger partial charge in [0.25, 0.3) is 0 Å². The van der Waals surface area contributed by atoms with E-state index in [4.69, 9.17) is 9.15 Å². The molecule has 0 fully saturated rings. The van der Waals surface area contributed by atoms with Gasteiger partial charge in [0.05, 0.1) is 17.3 Å². The van der Waals surface area contributed by atoms with Crippen LogP contribution in [0.5, 0.6) is 0 Å². The lowest BCUT2D eigenvalue weighted by atomic mass is 10.2. The van der Waals surface area contributed by atoms with Gasteiger partial charge in [-0.05, 0) is 35.3 Å². The third-order valence-electron chi connectivity index (χ3n) is 2.57. The van der Waals surface area contributed by atoms with Gasteiger partial charge in [-0.25, -0.2) is 4.79 Å². The summed E-state index contributed by atoms with van der Waals surface area (Å²) in [5.41, 5.74) is 1.46. The van der Waals surface area contributed by atoms with Crippen LogP contribution in [-0.4, -0.2) is 22.8 Å². The Morgan fingerprint density at radius 3 is 2.83 bits per heavy atom. The van der Waals surface area contributed by atoms with Crippen molar-refractivity contribution < 1.29 is 13.9 Å². The molecule has 0 aromatic carbocycles. The van der Waals surface area contributed by atoms with E-state index in [0.29, 0.717) is 34.6 Å². The lowest BCUT2D eigenvalue weighted by molar-refractivity contribution is 0.0506. The Kier molecular flexibility index (Phi) is 3.86. The summed E-state index contributed by atoms with van der Waals surface area (Å²) in [5, 5.41) is 6.53. The van der Waals surface area contributed by atoms with Crippen molar-refractivity contribution in [1.82, 2.24) is 10.2 Å². The number of carbonyl (C=O) groups excluding carboxylic acids is 1. The number of aromatic amines is 1. The number of rotatable bonds is 4. The highest BCUT2D eigenvalue weighted by Crippen LogP contribution is 2.27. The second-order valence-corrected chi connectivity index (χ2v) is 4.69. The standard InChI is InChI=1S/C12H13BrN2O3/c1-7-10(11(13)8(2)18-7)12(16)17-4-3-9-5-14-15-6-9/h5-6H,3-4H2,1-2H3,(H,14,15). The minimum Gasteiger partial charge on any atom is -0.465 e. The van der Waals surface area contributed by atoms with Gasteiger partial charge in [-0.2, -0.15) is 5.10 Å². The van der Waals surface area contributed by atoms with E-state index in [9.17, 15) is 4.79 Å². The molecule has 5 nitrogen and oxygen atoms in total. The topological polar surface area (TPSA) is 68.1 Å². The zero-order valence-electron chi connectivity index (χ0n) is 10.1. The summed E-state index contributed by atoms with van der Waals surface area (Å²) in [6.45, 7) is 3.85. The van der Waals surface area contributed by atoms with Gasteiger partial charge in [0.15, 0.2) is 0 Å². The summed E-state index contributed by atoms with van der Waals surface area (Å²) in [6, 6.07) is 0. The molecule has 96 valence electrons. The summed E-state index contributed by atoms with van der Waals surface area (Å²) in [6.07, 6.45) is 4.11. The van der Waals surface area contributed by atoms with Gasteiger partial charge in [-0.15, -0.1) is 0 Å². The molecule has 2 aromatic rings. The molecule has 0 spiro atoms. The monoisotopic (exact) mass is 312 g/mol. The number of aromatic nitrogens is 2. The Labute approximate surface area is 113 Å². The fraction of sp³-hybridized carbons (Fsp3) is 0.333. The number of esters is 1. The number of ether oxygens (including phenoxy) is 1. The Balaban J connectivity index is 1.95. The van der Waals surface area contributed by atoms with Gasteiger partial charge >= 0.3 is 5.97 Å². The van der Waals surface area contributed by atoms with Crippen molar-refractivity contribution in [1.29, 1.82) is 0 Å². The lowest BCUT2D eigenvalue weighted by Crippen LogP contribution is -2.09.